The number of rotatable bonds is 1. The van der Waals surface area contributed by atoms with Crippen molar-refractivity contribution < 1.29 is 20.0 Å². The average Bonchev–Trinajstić information content (AvgIpc) is 2.05. The molecule has 0 aliphatic rings. The van der Waals surface area contributed by atoms with Gasteiger partial charge in [-0.05, 0) is 0 Å². The Morgan fingerprint density at radius 1 is 1.38 bits per heavy atom. The Morgan fingerprint density at radius 3 is 2.00 bits per heavy atom. The van der Waals surface area contributed by atoms with Crippen molar-refractivity contribution in [3.8, 4) is 0 Å². The maximum absolute atomic E-state index is 10.2. The summed E-state index contributed by atoms with van der Waals surface area (Å²) in [5.74, 6) is -0.899. The fraction of sp³-hybridized carbons (Fsp3) is 0. The molecule has 1 aromatic rings. The summed E-state index contributed by atoms with van der Waals surface area (Å²) >= 11 is 0. The highest BCUT2D eigenvalue weighted by Crippen LogP contribution is 1.91. The first-order valence-electron chi connectivity index (χ1n) is 3.05. The number of nitrogens with zero attached hydrogens (tertiary/aromatic N) is 1. The SMILES string of the molecule is O=C(O)c1cc[nH+]cc1.O=[N+]([O-])[O-]. The smallest absolute Gasteiger partial charge is 0.336 e. The van der Waals surface area contributed by atoms with Crippen LogP contribution in [0.15, 0.2) is 24.5 Å². The van der Waals surface area contributed by atoms with Crippen molar-refractivity contribution in [1.29, 1.82) is 0 Å². The Hall–Kier alpha value is -2.18. The zero-order valence-corrected chi connectivity index (χ0v) is 6.34. The Balaban J connectivity index is 0.000000310. The predicted octanol–water partition coefficient (Wildman–Crippen LogP) is -0.0402. The summed E-state index contributed by atoms with van der Waals surface area (Å²) in [7, 11) is 0. The third-order valence-electron chi connectivity index (χ3n) is 0.965. The molecule has 0 saturated heterocycles. The summed E-state index contributed by atoms with van der Waals surface area (Å²) < 4.78 is 0. The first kappa shape index (κ1) is 10.8. The number of hydrogen-bond donors (Lipinski definition) is 1. The number of carboxylic acid groups (broad SMARTS) is 1. The lowest BCUT2D eigenvalue weighted by Crippen LogP contribution is -2.02. The number of carbonyl (C=O) groups is 1. The molecule has 70 valence electrons. The van der Waals surface area contributed by atoms with Gasteiger partial charge in [-0.1, -0.05) is 0 Å². The lowest BCUT2D eigenvalue weighted by Gasteiger charge is -1.84. The van der Waals surface area contributed by atoms with E-state index in [0.717, 1.165) is 0 Å². The highest BCUT2D eigenvalue weighted by molar-refractivity contribution is 5.87. The number of carboxylic acids is 1. The lowest BCUT2D eigenvalue weighted by molar-refractivity contribution is -0.402. The second kappa shape index (κ2) is 5.47. The van der Waals surface area contributed by atoms with Crippen molar-refractivity contribution in [2.45, 2.75) is 0 Å². The minimum absolute atomic E-state index is 0.300. The standard InChI is InChI=1S/C6H5NO2.NO3/c8-6(9)5-1-3-7-4-2-5;2-1(3)4/h1-4H,(H,8,9);/q;-1/p+1. The molecule has 0 aliphatic carbocycles. The summed E-state index contributed by atoms with van der Waals surface area (Å²) in [5, 5.41) is 23.1. The predicted molar refractivity (Wildman–Crippen MR) is 40.3 cm³/mol. The Bertz CT molecular complexity index is 282. The Morgan fingerprint density at radius 2 is 1.77 bits per heavy atom. The number of hydrogen-bond acceptors (Lipinski definition) is 4. The van der Waals surface area contributed by atoms with Crippen LogP contribution in [0, 0.1) is 15.3 Å². The molecule has 1 aromatic heterocycles. The van der Waals surface area contributed by atoms with E-state index in [9.17, 15) is 4.79 Å². The monoisotopic (exact) mass is 186 g/mol. The molecule has 1 heterocycles. The maximum atomic E-state index is 10.2. The van der Waals surface area contributed by atoms with Crippen molar-refractivity contribution in [3.05, 3.63) is 45.4 Å². The van der Waals surface area contributed by atoms with E-state index in [1.807, 2.05) is 0 Å². The van der Waals surface area contributed by atoms with Gasteiger partial charge < -0.3 is 20.4 Å². The van der Waals surface area contributed by atoms with Crippen molar-refractivity contribution >= 4 is 5.97 Å². The van der Waals surface area contributed by atoms with Crippen LogP contribution in [-0.2, 0) is 0 Å². The zero-order chi connectivity index (χ0) is 10.3. The van der Waals surface area contributed by atoms with Crippen LogP contribution in [0.5, 0.6) is 0 Å². The van der Waals surface area contributed by atoms with Gasteiger partial charge in [-0.15, -0.1) is 0 Å². The number of H-pyrrole nitrogens is 1. The van der Waals surface area contributed by atoms with Gasteiger partial charge in [0.2, 0.25) is 0 Å². The van der Waals surface area contributed by atoms with Gasteiger partial charge in [0.05, 0.1) is 10.7 Å². The molecule has 0 unspecified atom stereocenters. The van der Waals surface area contributed by atoms with Crippen LogP contribution in [-0.4, -0.2) is 16.2 Å². The second-order valence-corrected chi connectivity index (χ2v) is 1.82. The topological polar surface area (TPSA) is 118 Å². The van der Waals surface area contributed by atoms with Crippen LogP contribution in [0.1, 0.15) is 10.4 Å². The summed E-state index contributed by atoms with van der Waals surface area (Å²) in [5.41, 5.74) is 0.300. The van der Waals surface area contributed by atoms with Gasteiger partial charge in [0.1, 0.15) is 0 Å². The molecule has 0 aromatic carbocycles. The number of aromatic carboxylic acids is 1. The van der Waals surface area contributed by atoms with Crippen LogP contribution >= 0.6 is 0 Å². The highest BCUT2D eigenvalue weighted by Gasteiger charge is 1.99. The van der Waals surface area contributed by atoms with Gasteiger partial charge >= 0.3 is 5.97 Å². The van der Waals surface area contributed by atoms with Crippen LogP contribution in [0.25, 0.3) is 0 Å². The molecule has 0 saturated carbocycles. The molecule has 13 heavy (non-hydrogen) atoms. The van der Waals surface area contributed by atoms with Crippen molar-refractivity contribution in [2.75, 3.05) is 0 Å². The van der Waals surface area contributed by atoms with Gasteiger partial charge in [0.15, 0.2) is 12.4 Å². The fourth-order valence-corrected chi connectivity index (χ4v) is 0.529. The van der Waals surface area contributed by atoms with Crippen molar-refractivity contribution in [1.82, 2.24) is 0 Å². The molecule has 0 spiro atoms. The summed E-state index contributed by atoms with van der Waals surface area (Å²) in [6.07, 6.45) is 3.15. The van der Waals surface area contributed by atoms with Crippen LogP contribution in [0.4, 0.5) is 0 Å². The third kappa shape index (κ3) is 6.23. The zero-order valence-electron chi connectivity index (χ0n) is 6.34. The molecule has 0 aliphatic heterocycles. The first-order valence-corrected chi connectivity index (χ1v) is 3.05. The minimum Gasteiger partial charge on any atom is -0.478 e. The van der Waals surface area contributed by atoms with Crippen LogP contribution in [0.3, 0.4) is 0 Å². The van der Waals surface area contributed by atoms with E-state index in [-0.39, 0.29) is 0 Å². The van der Waals surface area contributed by atoms with E-state index in [1.165, 1.54) is 12.1 Å². The molecule has 0 atom stereocenters. The largest absolute Gasteiger partial charge is 0.478 e. The molecule has 7 heteroatoms. The van der Waals surface area contributed by atoms with E-state index in [1.54, 1.807) is 12.4 Å². The fourth-order valence-electron chi connectivity index (χ4n) is 0.529. The van der Waals surface area contributed by atoms with Crippen molar-refractivity contribution in [3.63, 3.8) is 0 Å². The highest BCUT2D eigenvalue weighted by atomic mass is 16.9. The van der Waals surface area contributed by atoms with E-state index in [4.69, 9.17) is 20.4 Å². The second-order valence-electron chi connectivity index (χ2n) is 1.82. The van der Waals surface area contributed by atoms with E-state index < -0.39 is 11.1 Å². The normalized spacial score (nSPS) is 8.00. The molecule has 0 bridgehead atoms. The van der Waals surface area contributed by atoms with Crippen LogP contribution < -0.4 is 4.98 Å². The summed E-state index contributed by atoms with van der Waals surface area (Å²) in [4.78, 5) is 21.2. The first-order chi connectivity index (χ1) is 6.04. The molecule has 0 radical (unpaired) electrons. The van der Waals surface area contributed by atoms with Gasteiger partial charge in [-0.2, -0.15) is 0 Å². The number of aromatic nitrogens is 1. The quantitative estimate of drug-likeness (QED) is 0.487. The van der Waals surface area contributed by atoms with Gasteiger partial charge in [0.25, 0.3) is 0 Å². The van der Waals surface area contributed by atoms with E-state index in [2.05, 4.69) is 4.98 Å². The number of aromatic amines is 1. The van der Waals surface area contributed by atoms with Gasteiger partial charge in [-0.25, -0.2) is 9.78 Å². The summed E-state index contributed by atoms with van der Waals surface area (Å²) in [6.45, 7) is 0. The molecular weight excluding hydrogens is 180 g/mol. The summed E-state index contributed by atoms with van der Waals surface area (Å²) in [6, 6.07) is 3.00. The van der Waals surface area contributed by atoms with Gasteiger partial charge in [0, 0.05) is 12.1 Å². The van der Waals surface area contributed by atoms with Gasteiger partial charge in [-0.3, -0.25) is 0 Å². The van der Waals surface area contributed by atoms with E-state index >= 15 is 0 Å². The maximum Gasteiger partial charge on any atom is 0.336 e. The Kier molecular flexibility index (Phi) is 4.55. The molecular formula is C6H6N2O5. The Labute approximate surface area is 72.4 Å². The average molecular weight is 186 g/mol. The lowest BCUT2D eigenvalue weighted by atomic mass is 10.3. The third-order valence-corrected chi connectivity index (χ3v) is 0.965. The molecule has 2 N–H and O–H groups in total. The molecule has 7 nitrogen and oxygen atoms in total. The van der Waals surface area contributed by atoms with Crippen molar-refractivity contribution in [2.24, 2.45) is 0 Å². The molecule has 0 amide bonds. The minimum atomic E-state index is -1.75. The van der Waals surface area contributed by atoms with Crippen LogP contribution in [0.2, 0.25) is 0 Å². The molecule has 1 rings (SSSR count). The number of pyridine rings is 1. The van der Waals surface area contributed by atoms with E-state index in [0.29, 0.717) is 5.56 Å². The number of nitrogens with one attached hydrogen (secondary N) is 1. The molecule has 0 fully saturated rings.